The van der Waals surface area contributed by atoms with Gasteiger partial charge < -0.3 is 14.8 Å². The normalized spacial score (nSPS) is 12.9. The van der Waals surface area contributed by atoms with Crippen molar-refractivity contribution in [1.82, 2.24) is 5.32 Å². The van der Waals surface area contributed by atoms with Gasteiger partial charge in [0.05, 0.1) is 30.4 Å². The quantitative estimate of drug-likeness (QED) is 0.311. The number of carbonyl (C=O) groups excluding carboxylic acids is 1. The lowest BCUT2D eigenvalue weighted by atomic mass is 9.79. The number of carbonyl (C=O) groups is 1. The number of alkyl halides is 3. The Labute approximate surface area is 233 Å². The van der Waals surface area contributed by atoms with E-state index in [0.29, 0.717) is 16.8 Å². The van der Waals surface area contributed by atoms with Gasteiger partial charge in [-0.1, -0.05) is 50.2 Å². The SMILES string of the molecule is COc1ccc(S(=O)(=O)N(CC(=O)NC(C)CC(C)(C)c2ccccc2)c2cccc(C(F)(F)F)c2)cc1OC. The van der Waals surface area contributed by atoms with Gasteiger partial charge in [0.15, 0.2) is 11.5 Å². The number of ether oxygens (including phenoxy) is 2. The summed E-state index contributed by atoms with van der Waals surface area (Å²) in [6, 6.07) is 17.0. The van der Waals surface area contributed by atoms with Gasteiger partial charge in [-0.05, 0) is 54.7 Å². The van der Waals surface area contributed by atoms with E-state index < -0.39 is 34.2 Å². The minimum atomic E-state index is -4.71. The minimum Gasteiger partial charge on any atom is -0.493 e. The van der Waals surface area contributed by atoms with Crippen LogP contribution in [0.4, 0.5) is 18.9 Å². The first-order valence-corrected chi connectivity index (χ1v) is 13.9. The van der Waals surface area contributed by atoms with E-state index >= 15 is 0 Å². The molecule has 1 unspecified atom stereocenters. The average Bonchev–Trinajstić information content (AvgIpc) is 2.90. The van der Waals surface area contributed by atoms with E-state index in [1.54, 1.807) is 6.92 Å². The molecule has 11 heteroatoms. The van der Waals surface area contributed by atoms with Crippen molar-refractivity contribution in [2.45, 2.75) is 49.7 Å². The van der Waals surface area contributed by atoms with Crippen LogP contribution < -0.4 is 19.1 Å². The molecule has 0 aromatic heterocycles. The molecule has 0 aliphatic carbocycles. The van der Waals surface area contributed by atoms with E-state index in [1.807, 2.05) is 44.2 Å². The van der Waals surface area contributed by atoms with Crippen molar-refractivity contribution in [2.75, 3.05) is 25.1 Å². The monoisotopic (exact) mass is 578 g/mol. The fraction of sp³-hybridized carbons (Fsp3) is 0.345. The molecule has 0 radical (unpaired) electrons. The van der Waals surface area contributed by atoms with Gasteiger partial charge in [0.1, 0.15) is 6.54 Å². The molecule has 1 atom stereocenters. The zero-order chi connectivity index (χ0) is 29.7. The van der Waals surface area contributed by atoms with E-state index in [1.165, 1.54) is 38.5 Å². The summed E-state index contributed by atoms with van der Waals surface area (Å²) in [5.41, 5.74) is -0.592. The van der Waals surface area contributed by atoms with Gasteiger partial charge in [0.25, 0.3) is 10.0 Å². The number of hydrogen-bond acceptors (Lipinski definition) is 5. The molecular formula is C29H33F3N2O5S. The second kappa shape index (κ2) is 12.2. The molecule has 3 aromatic rings. The van der Waals surface area contributed by atoms with E-state index in [0.717, 1.165) is 17.7 Å². The van der Waals surface area contributed by atoms with Gasteiger partial charge in [-0.3, -0.25) is 9.10 Å². The minimum absolute atomic E-state index is 0.105. The van der Waals surface area contributed by atoms with Gasteiger partial charge in [-0.25, -0.2) is 8.42 Å². The molecule has 0 fully saturated rings. The summed E-state index contributed by atoms with van der Waals surface area (Å²) in [5.74, 6) is -0.300. The highest BCUT2D eigenvalue weighted by molar-refractivity contribution is 7.92. The number of amides is 1. The smallest absolute Gasteiger partial charge is 0.416 e. The Bertz CT molecular complexity index is 1430. The van der Waals surface area contributed by atoms with Crippen molar-refractivity contribution < 1.29 is 35.9 Å². The van der Waals surface area contributed by atoms with Gasteiger partial charge >= 0.3 is 6.18 Å². The summed E-state index contributed by atoms with van der Waals surface area (Å²) in [7, 11) is -1.81. The first-order valence-electron chi connectivity index (χ1n) is 12.5. The topological polar surface area (TPSA) is 84.9 Å². The zero-order valence-electron chi connectivity index (χ0n) is 23.0. The lowest BCUT2D eigenvalue weighted by Crippen LogP contribution is -2.45. The predicted molar refractivity (Wildman–Crippen MR) is 147 cm³/mol. The largest absolute Gasteiger partial charge is 0.493 e. The Balaban J connectivity index is 1.94. The fourth-order valence-corrected chi connectivity index (χ4v) is 5.96. The molecule has 40 heavy (non-hydrogen) atoms. The number of anilines is 1. The number of halogens is 3. The van der Waals surface area contributed by atoms with Crippen LogP contribution in [0, 0.1) is 0 Å². The summed E-state index contributed by atoms with van der Waals surface area (Å²) in [6.07, 6.45) is -4.18. The van der Waals surface area contributed by atoms with E-state index in [2.05, 4.69) is 5.32 Å². The van der Waals surface area contributed by atoms with Crippen molar-refractivity contribution >= 4 is 21.6 Å². The summed E-state index contributed by atoms with van der Waals surface area (Å²) in [6.45, 7) is 5.11. The molecule has 0 saturated heterocycles. The maximum absolute atomic E-state index is 13.8. The summed E-state index contributed by atoms with van der Waals surface area (Å²) < 4.78 is 79.0. The van der Waals surface area contributed by atoms with Crippen molar-refractivity contribution in [3.05, 3.63) is 83.9 Å². The first kappa shape index (κ1) is 30.8. The van der Waals surface area contributed by atoms with Crippen LogP contribution in [-0.4, -0.2) is 41.1 Å². The zero-order valence-corrected chi connectivity index (χ0v) is 23.8. The van der Waals surface area contributed by atoms with Crippen LogP contribution >= 0.6 is 0 Å². The standard InChI is InChI=1S/C29H33F3N2O5S/c1-20(18-28(2,3)21-10-7-6-8-11-21)33-27(35)19-34(23-13-9-12-22(16-23)29(30,31)32)40(36,37)24-14-15-25(38-4)26(17-24)39-5/h6-17,20H,18-19H2,1-5H3,(H,33,35). The van der Waals surface area contributed by atoms with Gasteiger partial charge in [-0.2, -0.15) is 13.2 Å². The number of methoxy groups -OCH3 is 2. The average molecular weight is 579 g/mol. The maximum Gasteiger partial charge on any atom is 0.416 e. The molecule has 7 nitrogen and oxygen atoms in total. The van der Waals surface area contributed by atoms with Crippen molar-refractivity contribution in [3.63, 3.8) is 0 Å². The number of rotatable bonds is 11. The molecule has 0 aliphatic rings. The van der Waals surface area contributed by atoms with Crippen LogP contribution in [0.2, 0.25) is 0 Å². The third-order valence-electron chi connectivity index (χ3n) is 6.47. The molecule has 1 amide bonds. The van der Waals surface area contributed by atoms with Crippen molar-refractivity contribution in [3.8, 4) is 11.5 Å². The molecule has 3 aromatic carbocycles. The Hall–Kier alpha value is -3.73. The van der Waals surface area contributed by atoms with Crippen LogP contribution in [-0.2, 0) is 26.4 Å². The van der Waals surface area contributed by atoms with E-state index in [4.69, 9.17) is 9.47 Å². The molecular weight excluding hydrogens is 545 g/mol. The first-order chi connectivity index (χ1) is 18.7. The summed E-state index contributed by atoms with van der Waals surface area (Å²) >= 11 is 0. The Morgan fingerprint density at radius 1 is 0.900 bits per heavy atom. The van der Waals surface area contributed by atoms with Crippen LogP contribution in [0.15, 0.2) is 77.7 Å². The molecule has 0 bridgehead atoms. The van der Waals surface area contributed by atoms with Gasteiger partial charge in [0.2, 0.25) is 5.91 Å². The van der Waals surface area contributed by atoms with Crippen LogP contribution in [0.1, 0.15) is 38.3 Å². The number of sulfonamides is 1. The lowest BCUT2D eigenvalue weighted by Gasteiger charge is -2.30. The molecule has 1 N–H and O–H groups in total. The second-order valence-corrected chi connectivity index (χ2v) is 11.9. The molecule has 0 heterocycles. The molecule has 0 spiro atoms. The second-order valence-electron chi connectivity index (χ2n) is 10.00. The Morgan fingerprint density at radius 3 is 2.12 bits per heavy atom. The third-order valence-corrected chi connectivity index (χ3v) is 8.24. The van der Waals surface area contributed by atoms with Crippen molar-refractivity contribution in [1.29, 1.82) is 0 Å². The molecule has 3 rings (SSSR count). The Kier molecular flexibility index (Phi) is 9.40. The highest BCUT2D eigenvalue weighted by Gasteiger charge is 2.34. The fourth-order valence-electron chi connectivity index (χ4n) is 4.53. The van der Waals surface area contributed by atoms with Crippen LogP contribution in [0.25, 0.3) is 0 Å². The predicted octanol–water partition coefficient (Wildman–Crippen LogP) is 5.79. The Morgan fingerprint density at radius 2 is 1.52 bits per heavy atom. The number of nitrogens with one attached hydrogen (secondary N) is 1. The van der Waals surface area contributed by atoms with Crippen LogP contribution in [0.3, 0.4) is 0 Å². The van der Waals surface area contributed by atoms with E-state index in [-0.39, 0.29) is 33.5 Å². The van der Waals surface area contributed by atoms with Crippen molar-refractivity contribution in [2.24, 2.45) is 0 Å². The third kappa shape index (κ3) is 7.26. The molecule has 0 saturated carbocycles. The maximum atomic E-state index is 13.8. The number of hydrogen-bond donors (Lipinski definition) is 1. The van der Waals surface area contributed by atoms with Gasteiger partial charge in [-0.15, -0.1) is 0 Å². The highest BCUT2D eigenvalue weighted by Crippen LogP contribution is 2.35. The van der Waals surface area contributed by atoms with Crippen LogP contribution in [0.5, 0.6) is 11.5 Å². The van der Waals surface area contributed by atoms with Gasteiger partial charge in [0, 0.05) is 12.1 Å². The summed E-state index contributed by atoms with van der Waals surface area (Å²) in [4.78, 5) is 12.9. The van der Waals surface area contributed by atoms with E-state index in [9.17, 15) is 26.4 Å². The molecule has 216 valence electrons. The highest BCUT2D eigenvalue weighted by atomic mass is 32.2. The summed E-state index contributed by atoms with van der Waals surface area (Å²) in [5, 5.41) is 2.80. The lowest BCUT2D eigenvalue weighted by molar-refractivity contribution is -0.137. The number of nitrogens with zero attached hydrogens (tertiary/aromatic N) is 1. The molecule has 0 aliphatic heterocycles. The number of benzene rings is 3.